The average Bonchev–Trinajstić information content (AvgIpc) is 2.71. The molecule has 0 saturated carbocycles. The highest BCUT2D eigenvalue weighted by Gasteiger charge is 2.36. The van der Waals surface area contributed by atoms with Crippen molar-refractivity contribution in [2.24, 2.45) is 0 Å². The van der Waals surface area contributed by atoms with E-state index in [2.05, 4.69) is 9.97 Å². The zero-order valence-electron chi connectivity index (χ0n) is 14.1. The summed E-state index contributed by atoms with van der Waals surface area (Å²) in [5, 5.41) is 0. The number of amides is 1. The molecular weight excluding hydrogens is 326 g/mol. The van der Waals surface area contributed by atoms with Crippen molar-refractivity contribution in [1.82, 2.24) is 14.9 Å². The van der Waals surface area contributed by atoms with Crippen LogP contribution in [0.2, 0.25) is 0 Å². The number of fused-ring (bicyclic) bond motifs is 3. The van der Waals surface area contributed by atoms with E-state index in [1.807, 2.05) is 59.6 Å². The molecule has 0 fully saturated rings. The Bertz CT molecular complexity index is 956. The summed E-state index contributed by atoms with van der Waals surface area (Å²) in [6, 6.07) is 15.6. The molecule has 1 aromatic heterocycles. The Balaban J connectivity index is 1.55. The predicted octanol–water partition coefficient (Wildman–Crippen LogP) is 3.30. The van der Waals surface area contributed by atoms with Crippen LogP contribution < -0.4 is 4.74 Å². The van der Waals surface area contributed by atoms with Crippen molar-refractivity contribution >= 4 is 5.91 Å². The summed E-state index contributed by atoms with van der Waals surface area (Å²) >= 11 is 0. The van der Waals surface area contributed by atoms with E-state index in [0.717, 1.165) is 40.3 Å². The van der Waals surface area contributed by atoms with Crippen molar-refractivity contribution in [1.29, 1.82) is 0 Å². The number of aromatic nitrogens is 2. The maximum atomic E-state index is 13.5. The fourth-order valence-electron chi connectivity index (χ4n) is 3.81. The molecule has 0 N–H and O–H groups in total. The number of carbonyl (C=O) groups excluding carboxylic acids is 1. The second-order valence-electron chi connectivity index (χ2n) is 6.62. The molecule has 2 aliphatic rings. The number of hydrogen-bond acceptors (Lipinski definition) is 4. The van der Waals surface area contributed by atoms with Gasteiger partial charge in [-0.2, -0.15) is 0 Å². The largest absolute Gasteiger partial charge is 0.457 e. The zero-order chi connectivity index (χ0) is 17.5. The van der Waals surface area contributed by atoms with Crippen LogP contribution in [0, 0.1) is 0 Å². The fraction of sp³-hybridized carbons (Fsp3) is 0.190. The van der Waals surface area contributed by atoms with Crippen LogP contribution in [-0.4, -0.2) is 27.3 Å². The maximum absolute atomic E-state index is 13.5. The van der Waals surface area contributed by atoms with Crippen LogP contribution in [0.25, 0.3) is 0 Å². The molecule has 1 amide bonds. The van der Waals surface area contributed by atoms with E-state index in [1.165, 1.54) is 0 Å². The number of ether oxygens (including phenoxy) is 1. The van der Waals surface area contributed by atoms with E-state index < -0.39 is 0 Å². The summed E-state index contributed by atoms with van der Waals surface area (Å²) in [7, 11) is 0. The van der Waals surface area contributed by atoms with Crippen LogP contribution in [-0.2, 0) is 17.8 Å². The van der Waals surface area contributed by atoms with Gasteiger partial charge in [-0.15, -0.1) is 0 Å². The molecule has 128 valence electrons. The van der Waals surface area contributed by atoms with Gasteiger partial charge in [0.25, 0.3) is 0 Å². The van der Waals surface area contributed by atoms with Crippen LogP contribution >= 0.6 is 0 Å². The van der Waals surface area contributed by atoms with Crippen molar-refractivity contribution < 1.29 is 9.53 Å². The highest BCUT2D eigenvalue weighted by Crippen LogP contribution is 2.44. The summed E-state index contributed by atoms with van der Waals surface area (Å²) in [6.07, 6.45) is 4.14. The van der Waals surface area contributed by atoms with Crippen LogP contribution in [0.5, 0.6) is 11.5 Å². The number of benzene rings is 2. The molecular formula is C21H17N3O2. The number of para-hydroxylation sites is 2. The van der Waals surface area contributed by atoms with Crippen LogP contribution in [0.4, 0.5) is 0 Å². The number of rotatable bonds is 1. The first-order valence-electron chi connectivity index (χ1n) is 8.73. The van der Waals surface area contributed by atoms with Gasteiger partial charge in [-0.1, -0.05) is 36.4 Å². The monoisotopic (exact) mass is 343 g/mol. The van der Waals surface area contributed by atoms with E-state index in [-0.39, 0.29) is 11.8 Å². The SMILES string of the molecule is O=C(C1c2ccccc2Oc2ccccc21)N1CCc2ncncc2C1. The van der Waals surface area contributed by atoms with Gasteiger partial charge >= 0.3 is 0 Å². The van der Waals surface area contributed by atoms with Crippen molar-refractivity contribution in [3.8, 4) is 11.5 Å². The number of nitrogens with zero attached hydrogens (tertiary/aromatic N) is 3. The highest BCUT2D eigenvalue weighted by molar-refractivity contribution is 5.89. The smallest absolute Gasteiger partial charge is 0.235 e. The fourth-order valence-corrected chi connectivity index (χ4v) is 3.81. The van der Waals surface area contributed by atoms with E-state index in [9.17, 15) is 4.79 Å². The summed E-state index contributed by atoms with van der Waals surface area (Å²) in [4.78, 5) is 23.9. The van der Waals surface area contributed by atoms with E-state index in [4.69, 9.17) is 4.74 Å². The molecule has 3 aromatic rings. The third kappa shape index (κ3) is 2.36. The lowest BCUT2D eigenvalue weighted by molar-refractivity contribution is -0.133. The standard InChI is InChI=1S/C21H17N3O2/c25-21(24-10-9-17-14(12-24)11-22-13-23-17)20-15-5-1-3-7-18(15)26-19-8-4-2-6-16(19)20/h1-8,11,13,20H,9-10,12H2. The molecule has 0 saturated heterocycles. The molecule has 5 rings (SSSR count). The minimum absolute atomic E-state index is 0.0997. The molecule has 2 aliphatic heterocycles. The quantitative estimate of drug-likeness (QED) is 0.680. The first kappa shape index (κ1) is 15.1. The van der Waals surface area contributed by atoms with Crippen LogP contribution in [0.1, 0.15) is 28.3 Å². The normalized spacial score (nSPS) is 15.5. The Kier molecular flexibility index (Phi) is 3.45. The van der Waals surface area contributed by atoms with Gasteiger partial charge in [0.1, 0.15) is 17.8 Å². The maximum Gasteiger partial charge on any atom is 0.235 e. The molecule has 0 bridgehead atoms. The van der Waals surface area contributed by atoms with E-state index in [0.29, 0.717) is 13.1 Å². The minimum atomic E-state index is -0.345. The van der Waals surface area contributed by atoms with E-state index in [1.54, 1.807) is 6.33 Å². The van der Waals surface area contributed by atoms with Gasteiger partial charge in [-0.05, 0) is 12.1 Å². The number of hydrogen-bond donors (Lipinski definition) is 0. The molecule has 5 heteroatoms. The third-order valence-electron chi connectivity index (χ3n) is 5.10. The highest BCUT2D eigenvalue weighted by atomic mass is 16.5. The van der Waals surface area contributed by atoms with E-state index >= 15 is 0 Å². The van der Waals surface area contributed by atoms with Crippen molar-refractivity contribution in [3.05, 3.63) is 83.4 Å². The molecule has 0 unspecified atom stereocenters. The van der Waals surface area contributed by atoms with Crippen molar-refractivity contribution in [2.75, 3.05) is 6.54 Å². The molecule has 0 atom stereocenters. The van der Waals surface area contributed by atoms with Gasteiger partial charge in [0.05, 0.1) is 11.6 Å². The molecule has 2 aromatic carbocycles. The van der Waals surface area contributed by atoms with Gasteiger partial charge < -0.3 is 9.64 Å². The summed E-state index contributed by atoms with van der Waals surface area (Å²) < 4.78 is 6.01. The van der Waals surface area contributed by atoms with Gasteiger partial charge in [-0.3, -0.25) is 4.79 Å². The van der Waals surface area contributed by atoms with Crippen LogP contribution in [0.15, 0.2) is 61.1 Å². The Morgan fingerprint density at radius 3 is 2.46 bits per heavy atom. The van der Waals surface area contributed by atoms with Gasteiger partial charge in [-0.25, -0.2) is 9.97 Å². The Morgan fingerprint density at radius 2 is 1.73 bits per heavy atom. The van der Waals surface area contributed by atoms with Crippen molar-refractivity contribution in [3.63, 3.8) is 0 Å². The van der Waals surface area contributed by atoms with Crippen LogP contribution in [0.3, 0.4) is 0 Å². The molecule has 3 heterocycles. The lowest BCUT2D eigenvalue weighted by Crippen LogP contribution is -2.40. The second kappa shape index (κ2) is 5.95. The van der Waals surface area contributed by atoms with Crippen molar-refractivity contribution in [2.45, 2.75) is 18.9 Å². The summed E-state index contributed by atoms with van der Waals surface area (Å²) in [6.45, 7) is 1.22. The lowest BCUT2D eigenvalue weighted by Gasteiger charge is -2.34. The van der Waals surface area contributed by atoms with Gasteiger partial charge in [0.2, 0.25) is 5.91 Å². The zero-order valence-corrected chi connectivity index (χ0v) is 14.1. The van der Waals surface area contributed by atoms with Gasteiger partial charge in [0.15, 0.2) is 0 Å². The van der Waals surface area contributed by atoms with Gasteiger partial charge in [0, 0.05) is 42.4 Å². The molecule has 0 spiro atoms. The lowest BCUT2D eigenvalue weighted by atomic mass is 9.86. The first-order chi connectivity index (χ1) is 12.8. The summed E-state index contributed by atoms with van der Waals surface area (Å²) in [5.74, 6) is 1.26. The minimum Gasteiger partial charge on any atom is -0.457 e. The molecule has 0 aliphatic carbocycles. The Hall–Kier alpha value is -3.21. The average molecular weight is 343 g/mol. The molecule has 26 heavy (non-hydrogen) atoms. The molecule has 5 nitrogen and oxygen atoms in total. The topological polar surface area (TPSA) is 55.3 Å². The number of carbonyl (C=O) groups is 1. The second-order valence-corrected chi connectivity index (χ2v) is 6.62. The molecule has 0 radical (unpaired) electrons. The Labute approximate surface area is 151 Å². The first-order valence-corrected chi connectivity index (χ1v) is 8.73. The Morgan fingerprint density at radius 1 is 1.04 bits per heavy atom. The predicted molar refractivity (Wildman–Crippen MR) is 96.0 cm³/mol. The third-order valence-corrected chi connectivity index (χ3v) is 5.10. The summed E-state index contributed by atoms with van der Waals surface area (Å²) in [5.41, 5.74) is 3.91.